The van der Waals surface area contributed by atoms with Gasteiger partial charge in [0.1, 0.15) is 23.7 Å². The second-order valence-corrected chi connectivity index (χ2v) is 34.2. The number of unbranched alkanes of at least 4 members (excludes halogenated alkanes) is 2. The Morgan fingerprint density at radius 2 is 0.784 bits per heavy atom. The standard InChI is InChI=1S/C51H60FN7O9.C49H56FN7O8.CH4/c1-2-8-34-14-16-35(17-15-34)48-38-10-6-13-44(60)40-31-36(52)32-43(46(38)40)58(48)21-4-3-9-37-33-57(56-55-37)22-24-66-26-28-68-30-29-67-27-25-65-23-7-20-53-41-12-5-11-39-47(41)51(64)59(50(39)63)42-18-19-45(61)54-49(42)62;1-2-8-32-14-16-33(17-15-32)46-36-10-6-13-42(58)38-29-34(50)30-41(44(36)38)56(46)21-4-3-9-35-31-55(54-53-35)22-24-64-26-28-65-27-25-63-23-7-20-51-39-12-5-11-37-45(39)49(62)57(48(37)61)40-18-19-43(59)52-47(40)60;/h5,11-12,14-17,31-33,42,53H,2-4,6-10,13,18-30H2,1H3,(H,54,61,62);5,11-12,14-17,29-31,40,51H,2-4,6-10,13,18-28H2,1H3,(H,52,59,60);1H4. The van der Waals surface area contributed by atoms with Crippen LogP contribution in [0.3, 0.4) is 0 Å². The Kier molecular flexibility index (Phi) is 34.7. The van der Waals surface area contributed by atoms with Crippen LogP contribution in [-0.4, -0.2) is 225 Å². The monoisotopic (exact) mass is 1840 g/mol. The summed E-state index contributed by atoms with van der Waals surface area (Å²) in [7, 11) is 0. The Morgan fingerprint density at radius 3 is 1.16 bits per heavy atom. The van der Waals surface area contributed by atoms with Gasteiger partial charge in [0.15, 0.2) is 11.6 Å². The van der Waals surface area contributed by atoms with Crippen molar-refractivity contribution in [1.29, 1.82) is 0 Å². The topological polar surface area (TPSA) is 361 Å². The van der Waals surface area contributed by atoms with Crippen LogP contribution >= 0.6 is 0 Å². The molecule has 2 saturated heterocycles. The van der Waals surface area contributed by atoms with E-state index in [9.17, 15) is 47.9 Å². The molecule has 6 aromatic carbocycles. The molecule has 6 aliphatic rings. The fourth-order valence-corrected chi connectivity index (χ4v) is 18.5. The number of aryl methyl sites for hydroxylation is 8. The maximum atomic E-state index is 15.0. The molecule has 10 aromatic rings. The van der Waals surface area contributed by atoms with Crippen molar-refractivity contribution >= 4 is 92.0 Å². The maximum Gasteiger partial charge on any atom is 0.264 e. The molecule has 2 unspecified atom stereocenters. The molecular weight excluding hydrogens is 1720 g/mol. The van der Waals surface area contributed by atoms with Gasteiger partial charge in [0.25, 0.3) is 23.6 Å². The first kappa shape index (κ1) is 97.8. The summed E-state index contributed by atoms with van der Waals surface area (Å²) in [5.74, 6) is -5.02. The zero-order chi connectivity index (χ0) is 92.7. The number of Topliss-reactive ketones (excluding diaryl/α,β-unsaturated/α-hetero) is 2. The molecule has 0 saturated carbocycles. The molecule has 0 radical (unpaired) electrons. The van der Waals surface area contributed by atoms with Gasteiger partial charge in [-0.1, -0.05) is 105 Å². The fourth-order valence-electron chi connectivity index (χ4n) is 18.5. The number of aromatic nitrogens is 8. The number of carbonyl (C=O) groups excluding carboxylic acids is 10. The number of ketones is 2. The molecule has 0 bridgehead atoms. The number of anilines is 2. The Labute approximate surface area is 777 Å². The van der Waals surface area contributed by atoms with E-state index in [1.807, 2.05) is 12.4 Å². The Hall–Kier alpha value is -12.2. The first-order valence-electron chi connectivity index (χ1n) is 46.9. The summed E-state index contributed by atoms with van der Waals surface area (Å²) >= 11 is 0. The lowest BCUT2D eigenvalue weighted by molar-refractivity contribution is -0.137. The van der Waals surface area contributed by atoms with E-state index in [-0.39, 0.29) is 78.6 Å². The zero-order valence-electron chi connectivity index (χ0n) is 75.6. The number of piperidine rings is 2. The molecule has 31 nitrogen and oxygen atoms in total. The summed E-state index contributed by atoms with van der Waals surface area (Å²) in [6.07, 6.45) is 18.6. The van der Waals surface area contributed by atoms with E-state index in [4.69, 9.17) is 33.2 Å². The molecular formula is C101H120F2N14O17. The van der Waals surface area contributed by atoms with Gasteiger partial charge in [-0.25, -0.2) is 18.1 Å². The second-order valence-electron chi connectivity index (χ2n) is 34.2. The van der Waals surface area contributed by atoms with Crippen molar-refractivity contribution in [2.24, 2.45) is 0 Å². The van der Waals surface area contributed by atoms with Gasteiger partial charge in [-0.3, -0.25) is 68.4 Å². The highest BCUT2D eigenvalue weighted by atomic mass is 19.1. The van der Waals surface area contributed by atoms with Gasteiger partial charge in [0, 0.05) is 111 Å². The highest BCUT2D eigenvalue weighted by Crippen LogP contribution is 2.43. The molecule has 4 aliphatic heterocycles. The van der Waals surface area contributed by atoms with Crippen molar-refractivity contribution in [1.82, 2.24) is 59.6 Å². The molecule has 0 spiro atoms. The minimum atomic E-state index is -1.01. The maximum absolute atomic E-state index is 15.0. The van der Waals surface area contributed by atoms with Gasteiger partial charge in [-0.15, -0.1) is 10.2 Å². The summed E-state index contributed by atoms with van der Waals surface area (Å²) in [5.41, 5.74) is 15.6. The van der Waals surface area contributed by atoms with Crippen LogP contribution < -0.4 is 21.3 Å². The predicted molar refractivity (Wildman–Crippen MR) is 498 cm³/mol. The summed E-state index contributed by atoms with van der Waals surface area (Å²) in [4.78, 5) is 129. The lowest BCUT2D eigenvalue weighted by Gasteiger charge is -2.27. The van der Waals surface area contributed by atoms with Gasteiger partial charge in [0.2, 0.25) is 23.6 Å². The Bertz CT molecular complexity index is 5860. The molecule has 8 amide bonds. The van der Waals surface area contributed by atoms with Crippen LogP contribution in [0.15, 0.2) is 122 Å². The number of hydrogen-bond acceptors (Lipinski definition) is 23. The van der Waals surface area contributed by atoms with E-state index in [0.717, 1.165) is 167 Å². The number of benzene rings is 6. The Morgan fingerprint density at radius 1 is 0.403 bits per heavy atom. The second kappa shape index (κ2) is 47.6. The first-order chi connectivity index (χ1) is 64.9. The summed E-state index contributed by atoms with van der Waals surface area (Å²) < 4.78 is 77.8. The third kappa shape index (κ3) is 23.7. The molecule has 710 valence electrons. The summed E-state index contributed by atoms with van der Waals surface area (Å²) in [5, 5.41) is 30.0. The highest BCUT2D eigenvalue weighted by Gasteiger charge is 2.48. The molecule has 134 heavy (non-hydrogen) atoms. The van der Waals surface area contributed by atoms with Gasteiger partial charge < -0.3 is 52.9 Å². The summed E-state index contributed by atoms with van der Waals surface area (Å²) in [6, 6.07) is 31.4. The number of halogens is 2. The third-order valence-corrected chi connectivity index (χ3v) is 24.8. The molecule has 16 rings (SSSR count). The molecule has 2 aliphatic carbocycles. The number of ether oxygens (including phenoxy) is 7. The van der Waals surface area contributed by atoms with Crippen molar-refractivity contribution < 1.29 is 89.9 Å². The number of rotatable bonds is 49. The lowest BCUT2D eigenvalue weighted by atomic mass is 9.99. The number of fused-ring (bicyclic) bond motifs is 2. The lowest BCUT2D eigenvalue weighted by Crippen LogP contribution is -2.54. The average molecular weight is 1840 g/mol. The molecule has 2 fully saturated rings. The summed E-state index contributed by atoms with van der Waals surface area (Å²) in [6.45, 7) is 13.9. The smallest absolute Gasteiger partial charge is 0.264 e. The van der Waals surface area contributed by atoms with Crippen LogP contribution in [0, 0.1) is 11.6 Å². The number of imide groups is 4. The van der Waals surface area contributed by atoms with Crippen LogP contribution in [0.25, 0.3) is 44.3 Å². The van der Waals surface area contributed by atoms with Gasteiger partial charge in [-0.05, 0) is 185 Å². The minimum absolute atomic E-state index is 0. The molecule has 4 aromatic heterocycles. The number of nitrogens with zero attached hydrogens (tertiary/aromatic N) is 10. The van der Waals surface area contributed by atoms with Crippen molar-refractivity contribution in [3.05, 3.63) is 200 Å². The van der Waals surface area contributed by atoms with Gasteiger partial charge in [0.05, 0.1) is 148 Å². The van der Waals surface area contributed by atoms with E-state index >= 15 is 8.78 Å². The van der Waals surface area contributed by atoms with Crippen LogP contribution in [0.5, 0.6) is 0 Å². The largest absolute Gasteiger partial charge is 0.384 e. The quantitative estimate of drug-likeness (QED) is 0.0203. The van der Waals surface area contributed by atoms with Crippen molar-refractivity contribution in [2.75, 3.05) is 116 Å². The number of hydrogen-bond donors (Lipinski definition) is 4. The Balaban J connectivity index is 0.000000214. The van der Waals surface area contributed by atoms with E-state index < -0.39 is 59.3 Å². The van der Waals surface area contributed by atoms with Crippen molar-refractivity contribution in [3.63, 3.8) is 0 Å². The fraction of sp³-hybridized carbons (Fsp3) is 0.465. The van der Waals surface area contributed by atoms with E-state index in [0.29, 0.717) is 180 Å². The normalized spacial score (nSPS) is 15.9. The molecule has 8 heterocycles. The first-order valence-corrected chi connectivity index (χ1v) is 46.9. The SMILES string of the molecule is C.CCCc1ccc(-c2c3c4c(cc(F)cc4n2CCCCc2cn(CCOCCOCCOCCCNc4cccc5c4C(=O)N(C4CCC(=O)NC4=O)C5=O)nn2)C(=O)CCC3)cc1.CCCc1ccc(-c2c3c4c(cc(F)cc4n2CCCCc2cn(CCOCCOCCOCCOCCCNc4cccc5c4C(=O)N(C4CCC(=O)NC4=O)C5=O)nn2)C(=O)CCC3)cc1. The number of nitrogens with one attached hydrogen (secondary N) is 4. The third-order valence-electron chi connectivity index (χ3n) is 24.8. The molecule has 33 heteroatoms. The van der Waals surface area contributed by atoms with Crippen LogP contribution in [-0.2, 0) is 117 Å². The predicted octanol–water partition coefficient (Wildman–Crippen LogP) is 13.6. The van der Waals surface area contributed by atoms with Crippen LogP contribution in [0.2, 0.25) is 0 Å². The molecule has 2 atom stereocenters. The van der Waals surface area contributed by atoms with E-state index in [2.05, 4.69) is 113 Å². The molecule has 4 N–H and O–H groups in total. The number of carbonyl (C=O) groups is 10. The van der Waals surface area contributed by atoms with Crippen LogP contribution in [0.1, 0.15) is 220 Å². The van der Waals surface area contributed by atoms with Gasteiger partial charge >= 0.3 is 0 Å². The van der Waals surface area contributed by atoms with Crippen molar-refractivity contribution in [3.8, 4) is 22.5 Å². The van der Waals surface area contributed by atoms with E-state index in [1.54, 1.807) is 57.9 Å². The minimum Gasteiger partial charge on any atom is -0.384 e. The van der Waals surface area contributed by atoms with Crippen molar-refractivity contribution in [2.45, 2.75) is 201 Å². The van der Waals surface area contributed by atoms with Gasteiger partial charge in [-0.2, -0.15) is 0 Å². The van der Waals surface area contributed by atoms with E-state index in [1.165, 1.54) is 23.3 Å². The highest BCUT2D eigenvalue weighted by molar-refractivity contribution is 6.27. The zero-order valence-corrected chi connectivity index (χ0v) is 75.6. The average Bonchev–Trinajstić information content (AvgIpc) is 1.44. The van der Waals surface area contributed by atoms with Crippen LogP contribution in [0.4, 0.5) is 20.2 Å². The number of amides is 8.